The zero-order valence-corrected chi connectivity index (χ0v) is 19.9. The number of hydrogen-bond donors (Lipinski definition) is 0. The molecular formula is C29H39N3. The van der Waals surface area contributed by atoms with E-state index in [1.54, 1.807) is 0 Å². The highest BCUT2D eigenvalue weighted by molar-refractivity contribution is 5.16. The lowest BCUT2D eigenvalue weighted by Crippen LogP contribution is -2.39. The minimum Gasteiger partial charge on any atom is -0.298 e. The van der Waals surface area contributed by atoms with Crippen LogP contribution >= 0.6 is 0 Å². The van der Waals surface area contributed by atoms with E-state index in [9.17, 15) is 0 Å². The minimum absolute atomic E-state index is 1.01. The zero-order valence-electron chi connectivity index (χ0n) is 19.9. The van der Waals surface area contributed by atoms with Crippen molar-refractivity contribution in [3.8, 4) is 0 Å². The summed E-state index contributed by atoms with van der Waals surface area (Å²) in [7, 11) is 0. The van der Waals surface area contributed by atoms with E-state index in [0.717, 1.165) is 58.9 Å². The first-order valence-corrected chi connectivity index (χ1v) is 12.1. The van der Waals surface area contributed by atoms with Crippen LogP contribution in [0.5, 0.6) is 0 Å². The van der Waals surface area contributed by atoms with Crippen LogP contribution in [0.15, 0.2) is 91.0 Å². The molecule has 0 aromatic heterocycles. The molecule has 3 rings (SSSR count). The van der Waals surface area contributed by atoms with Crippen LogP contribution in [-0.4, -0.2) is 54.0 Å². The highest BCUT2D eigenvalue weighted by atomic mass is 15.2. The Morgan fingerprint density at radius 3 is 1.00 bits per heavy atom. The van der Waals surface area contributed by atoms with Crippen LogP contribution < -0.4 is 0 Å². The molecule has 32 heavy (non-hydrogen) atoms. The van der Waals surface area contributed by atoms with Crippen molar-refractivity contribution in [2.24, 2.45) is 0 Å². The van der Waals surface area contributed by atoms with E-state index in [0.29, 0.717) is 0 Å². The van der Waals surface area contributed by atoms with Crippen LogP contribution in [0, 0.1) is 0 Å². The molecule has 3 heteroatoms. The standard InChI is InChI=1S/C29H39N3/c1-3-30(24-27-14-8-5-9-15-27)20-22-32(26-29-18-12-7-13-19-29)23-21-31(4-2)25-28-16-10-6-11-17-28/h5-19H,3-4,20-26H2,1-2H3. The normalized spacial score (nSPS) is 11.5. The summed E-state index contributed by atoms with van der Waals surface area (Å²) < 4.78 is 0. The predicted octanol–water partition coefficient (Wildman–Crippen LogP) is 5.53. The number of nitrogens with zero attached hydrogens (tertiary/aromatic N) is 3. The third kappa shape index (κ3) is 8.58. The van der Waals surface area contributed by atoms with E-state index in [2.05, 4.69) is 120 Å². The van der Waals surface area contributed by atoms with Crippen molar-refractivity contribution >= 4 is 0 Å². The molecule has 0 amide bonds. The second-order valence-corrected chi connectivity index (χ2v) is 8.47. The molecule has 0 fully saturated rings. The molecule has 0 saturated carbocycles. The predicted molar refractivity (Wildman–Crippen MR) is 137 cm³/mol. The third-order valence-electron chi connectivity index (χ3n) is 6.11. The van der Waals surface area contributed by atoms with Gasteiger partial charge < -0.3 is 0 Å². The summed E-state index contributed by atoms with van der Waals surface area (Å²) in [5.74, 6) is 0. The van der Waals surface area contributed by atoms with Gasteiger partial charge in [0.1, 0.15) is 0 Å². The van der Waals surface area contributed by atoms with Crippen molar-refractivity contribution in [3.63, 3.8) is 0 Å². The van der Waals surface area contributed by atoms with E-state index >= 15 is 0 Å². The SMILES string of the molecule is CCN(CCN(CCN(CC)Cc1ccccc1)Cc1ccccc1)Cc1ccccc1. The monoisotopic (exact) mass is 429 g/mol. The van der Waals surface area contributed by atoms with Gasteiger partial charge in [0.25, 0.3) is 0 Å². The summed E-state index contributed by atoms with van der Waals surface area (Å²) in [5, 5.41) is 0. The molecule has 0 spiro atoms. The maximum Gasteiger partial charge on any atom is 0.0234 e. The quantitative estimate of drug-likeness (QED) is 0.333. The fourth-order valence-corrected chi connectivity index (χ4v) is 4.06. The number of rotatable bonds is 14. The van der Waals surface area contributed by atoms with Gasteiger partial charge in [-0.25, -0.2) is 0 Å². The third-order valence-corrected chi connectivity index (χ3v) is 6.11. The lowest BCUT2D eigenvalue weighted by molar-refractivity contribution is 0.170. The molecule has 3 aromatic carbocycles. The van der Waals surface area contributed by atoms with Gasteiger partial charge in [-0.3, -0.25) is 14.7 Å². The topological polar surface area (TPSA) is 9.72 Å². The second kappa shape index (κ2) is 13.8. The number of likely N-dealkylation sites (N-methyl/N-ethyl adjacent to an activating group) is 2. The summed E-state index contributed by atoms with van der Waals surface area (Å²) in [6, 6.07) is 32.5. The molecule has 0 aliphatic heterocycles. The summed E-state index contributed by atoms with van der Waals surface area (Å²) in [5.41, 5.74) is 4.18. The van der Waals surface area contributed by atoms with Crippen molar-refractivity contribution in [1.82, 2.24) is 14.7 Å². The van der Waals surface area contributed by atoms with E-state index < -0.39 is 0 Å². The van der Waals surface area contributed by atoms with Crippen molar-refractivity contribution in [2.45, 2.75) is 33.5 Å². The molecule has 0 aliphatic carbocycles. The average Bonchev–Trinajstić information content (AvgIpc) is 2.85. The molecule has 0 radical (unpaired) electrons. The van der Waals surface area contributed by atoms with Crippen LogP contribution in [0.1, 0.15) is 30.5 Å². The van der Waals surface area contributed by atoms with Gasteiger partial charge in [0, 0.05) is 45.8 Å². The fraction of sp³-hybridized carbons (Fsp3) is 0.379. The van der Waals surface area contributed by atoms with Crippen molar-refractivity contribution in [2.75, 3.05) is 39.3 Å². The van der Waals surface area contributed by atoms with Gasteiger partial charge in [0.2, 0.25) is 0 Å². The molecule has 0 unspecified atom stereocenters. The lowest BCUT2D eigenvalue weighted by Gasteiger charge is -2.29. The van der Waals surface area contributed by atoms with Crippen LogP contribution in [0.2, 0.25) is 0 Å². The molecule has 0 bridgehead atoms. The Labute approximate surface area is 195 Å². The molecule has 0 N–H and O–H groups in total. The summed E-state index contributed by atoms with van der Waals surface area (Å²) in [4.78, 5) is 7.72. The lowest BCUT2D eigenvalue weighted by atomic mass is 10.2. The Bertz CT molecular complexity index is 798. The average molecular weight is 430 g/mol. The largest absolute Gasteiger partial charge is 0.298 e. The van der Waals surface area contributed by atoms with E-state index in [4.69, 9.17) is 0 Å². The Morgan fingerprint density at radius 1 is 0.406 bits per heavy atom. The van der Waals surface area contributed by atoms with E-state index in [1.807, 2.05) is 0 Å². The molecule has 0 aliphatic rings. The highest BCUT2D eigenvalue weighted by Gasteiger charge is 2.12. The Balaban J connectivity index is 1.58. The molecule has 170 valence electrons. The van der Waals surface area contributed by atoms with Crippen LogP contribution in [0.25, 0.3) is 0 Å². The van der Waals surface area contributed by atoms with E-state index in [1.165, 1.54) is 16.7 Å². The number of hydrogen-bond acceptors (Lipinski definition) is 3. The Morgan fingerprint density at radius 2 is 0.688 bits per heavy atom. The van der Waals surface area contributed by atoms with Gasteiger partial charge in [0.15, 0.2) is 0 Å². The van der Waals surface area contributed by atoms with Crippen LogP contribution in [-0.2, 0) is 19.6 Å². The van der Waals surface area contributed by atoms with Gasteiger partial charge >= 0.3 is 0 Å². The van der Waals surface area contributed by atoms with Gasteiger partial charge in [-0.05, 0) is 29.8 Å². The molecule has 0 atom stereocenters. The number of benzene rings is 3. The molecular weight excluding hydrogens is 390 g/mol. The molecule has 0 saturated heterocycles. The molecule has 0 heterocycles. The first-order chi connectivity index (χ1) is 15.8. The second-order valence-electron chi connectivity index (χ2n) is 8.47. The summed E-state index contributed by atoms with van der Waals surface area (Å²) in [6.45, 7) is 14.1. The maximum absolute atomic E-state index is 2.62. The Kier molecular flexibility index (Phi) is 10.5. The summed E-state index contributed by atoms with van der Waals surface area (Å²) >= 11 is 0. The van der Waals surface area contributed by atoms with E-state index in [-0.39, 0.29) is 0 Å². The van der Waals surface area contributed by atoms with Crippen LogP contribution in [0.4, 0.5) is 0 Å². The van der Waals surface area contributed by atoms with Crippen LogP contribution in [0.3, 0.4) is 0 Å². The Hall–Kier alpha value is -2.46. The smallest absolute Gasteiger partial charge is 0.0234 e. The molecule has 3 aromatic rings. The highest BCUT2D eigenvalue weighted by Crippen LogP contribution is 2.09. The van der Waals surface area contributed by atoms with Crippen molar-refractivity contribution in [1.29, 1.82) is 0 Å². The summed E-state index contributed by atoms with van der Waals surface area (Å²) in [6.07, 6.45) is 0. The molecule has 3 nitrogen and oxygen atoms in total. The minimum atomic E-state index is 1.01. The van der Waals surface area contributed by atoms with Gasteiger partial charge in [0.05, 0.1) is 0 Å². The first kappa shape index (κ1) is 24.2. The first-order valence-electron chi connectivity index (χ1n) is 12.1. The van der Waals surface area contributed by atoms with Gasteiger partial charge in [-0.2, -0.15) is 0 Å². The zero-order chi connectivity index (χ0) is 22.4. The maximum atomic E-state index is 2.62. The van der Waals surface area contributed by atoms with Gasteiger partial charge in [-0.1, -0.05) is 105 Å². The fourth-order valence-electron chi connectivity index (χ4n) is 4.06. The van der Waals surface area contributed by atoms with Crippen molar-refractivity contribution < 1.29 is 0 Å². The van der Waals surface area contributed by atoms with Crippen molar-refractivity contribution in [3.05, 3.63) is 108 Å². The van der Waals surface area contributed by atoms with Gasteiger partial charge in [-0.15, -0.1) is 0 Å².